The largest absolute Gasteiger partial charge is 0.396 e. The second-order valence-electron chi connectivity index (χ2n) is 4.65. The van der Waals surface area contributed by atoms with Crippen LogP contribution in [-0.4, -0.2) is 29.1 Å². The lowest BCUT2D eigenvalue weighted by molar-refractivity contribution is -0.117. The van der Waals surface area contributed by atoms with Gasteiger partial charge in [0.15, 0.2) is 0 Å². The monoisotopic (exact) mass is 242 g/mol. The van der Waals surface area contributed by atoms with Crippen LogP contribution >= 0.6 is 0 Å². The zero-order valence-corrected chi connectivity index (χ0v) is 9.91. The number of aliphatic hydroxyl groups is 1. The lowest BCUT2D eigenvalue weighted by Gasteiger charge is -2.15. The van der Waals surface area contributed by atoms with Gasteiger partial charge in [-0.3, -0.25) is 9.69 Å². The number of fused-ring (bicyclic) bond motifs is 1. The van der Waals surface area contributed by atoms with Crippen LogP contribution < -0.4 is 4.90 Å². The van der Waals surface area contributed by atoms with Crippen LogP contribution in [0.5, 0.6) is 0 Å². The quantitative estimate of drug-likeness (QED) is 0.870. The number of hydrogen-bond donors (Lipinski definition) is 1. The second kappa shape index (κ2) is 4.38. The first-order chi connectivity index (χ1) is 8.78. The van der Waals surface area contributed by atoms with Crippen LogP contribution in [0, 0.1) is 5.92 Å². The van der Waals surface area contributed by atoms with Crippen molar-refractivity contribution in [3.63, 3.8) is 0 Å². The number of amides is 1. The first-order valence-corrected chi connectivity index (χ1v) is 6.04. The van der Waals surface area contributed by atoms with Crippen LogP contribution in [0.2, 0.25) is 0 Å². The Morgan fingerprint density at radius 1 is 1.33 bits per heavy atom. The molecule has 0 saturated carbocycles. The molecule has 18 heavy (non-hydrogen) atoms. The van der Waals surface area contributed by atoms with Gasteiger partial charge in [0.1, 0.15) is 5.82 Å². The third-order valence-corrected chi connectivity index (χ3v) is 3.36. The lowest BCUT2D eigenvalue weighted by Crippen LogP contribution is -2.25. The predicted molar refractivity (Wildman–Crippen MR) is 69.3 cm³/mol. The Labute approximate surface area is 105 Å². The molecule has 1 unspecified atom stereocenters. The van der Waals surface area contributed by atoms with Gasteiger partial charge >= 0.3 is 0 Å². The topological polar surface area (TPSA) is 53.4 Å². The molecule has 2 heterocycles. The van der Waals surface area contributed by atoms with E-state index in [-0.39, 0.29) is 18.4 Å². The van der Waals surface area contributed by atoms with E-state index in [0.717, 1.165) is 10.8 Å². The normalized spacial score (nSPS) is 19.7. The Morgan fingerprint density at radius 2 is 2.11 bits per heavy atom. The summed E-state index contributed by atoms with van der Waals surface area (Å²) in [7, 11) is 0. The molecular weight excluding hydrogens is 228 g/mol. The smallest absolute Gasteiger partial charge is 0.228 e. The maximum absolute atomic E-state index is 11.9. The van der Waals surface area contributed by atoms with E-state index in [1.54, 1.807) is 11.1 Å². The molecule has 1 N–H and O–H groups in total. The summed E-state index contributed by atoms with van der Waals surface area (Å²) in [6.07, 6.45) is 2.19. The predicted octanol–water partition coefficient (Wildman–Crippen LogP) is 1.58. The van der Waals surface area contributed by atoms with E-state index < -0.39 is 0 Å². The van der Waals surface area contributed by atoms with Crippen molar-refractivity contribution in [3.8, 4) is 0 Å². The highest BCUT2D eigenvalue weighted by molar-refractivity contribution is 5.96. The number of anilines is 1. The van der Waals surface area contributed by atoms with Crippen LogP contribution in [0.4, 0.5) is 5.82 Å². The fraction of sp³-hybridized carbons (Fsp3) is 0.286. The lowest BCUT2D eigenvalue weighted by atomic mass is 10.1. The molecule has 1 fully saturated rings. The van der Waals surface area contributed by atoms with Crippen molar-refractivity contribution in [1.29, 1.82) is 0 Å². The average molecular weight is 242 g/mol. The molecule has 1 amide bonds. The highest BCUT2D eigenvalue weighted by Crippen LogP contribution is 2.25. The fourth-order valence-electron chi connectivity index (χ4n) is 2.34. The summed E-state index contributed by atoms with van der Waals surface area (Å²) < 4.78 is 0. The molecule has 1 atom stereocenters. The highest BCUT2D eigenvalue weighted by atomic mass is 16.3. The molecule has 4 nitrogen and oxygen atoms in total. The molecule has 0 aliphatic carbocycles. The van der Waals surface area contributed by atoms with Gasteiger partial charge in [0.2, 0.25) is 5.91 Å². The molecule has 0 spiro atoms. The summed E-state index contributed by atoms with van der Waals surface area (Å²) in [6.45, 7) is 0.608. The molecule has 4 heteroatoms. The number of carbonyl (C=O) groups excluding carboxylic acids is 1. The van der Waals surface area contributed by atoms with E-state index >= 15 is 0 Å². The number of carbonyl (C=O) groups is 1. The molecule has 1 aliphatic rings. The molecule has 1 aromatic heterocycles. The second-order valence-corrected chi connectivity index (χ2v) is 4.65. The minimum atomic E-state index is 0.0331. The summed E-state index contributed by atoms with van der Waals surface area (Å²) >= 11 is 0. The number of aliphatic hydroxyl groups excluding tert-OH is 1. The summed E-state index contributed by atoms with van der Waals surface area (Å²) in [5, 5.41) is 11.3. The van der Waals surface area contributed by atoms with Gasteiger partial charge in [-0.15, -0.1) is 0 Å². The van der Waals surface area contributed by atoms with Crippen LogP contribution in [0.1, 0.15) is 6.42 Å². The molecule has 3 rings (SSSR count). The van der Waals surface area contributed by atoms with Crippen molar-refractivity contribution >= 4 is 22.5 Å². The number of rotatable bonds is 2. The number of benzene rings is 1. The fourth-order valence-corrected chi connectivity index (χ4v) is 2.34. The molecule has 1 aliphatic heterocycles. The maximum Gasteiger partial charge on any atom is 0.228 e. The van der Waals surface area contributed by atoms with Crippen molar-refractivity contribution < 1.29 is 9.90 Å². The summed E-state index contributed by atoms with van der Waals surface area (Å²) in [4.78, 5) is 17.8. The first kappa shape index (κ1) is 11.2. The first-order valence-electron chi connectivity index (χ1n) is 6.04. The van der Waals surface area contributed by atoms with Crippen LogP contribution in [0.3, 0.4) is 0 Å². The van der Waals surface area contributed by atoms with Crippen LogP contribution in [-0.2, 0) is 4.79 Å². The highest BCUT2D eigenvalue weighted by Gasteiger charge is 2.30. The minimum absolute atomic E-state index is 0.0331. The van der Waals surface area contributed by atoms with Crippen LogP contribution in [0.15, 0.2) is 36.5 Å². The van der Waals surface area contributed by atoms with Gasteiger partial charge < -0.3 is 5.11 Å². The zero-order valence-electron chi connectivity index (χ0n) is 9.91. The molecule has 92 valence electrons. The van der Waals surface area contributed by atoms with Crippen molar-refractivity contribution in [2.75, 3.05) is 18.1 Å². The average Bonchev–Trinajstić information content (AvgIpc) is 2.79. The summed E-state index contributed by atoms with van der Waals surface area (Å²) in [5.41, 5.74) is 0. The van der Waals surface area contributed by atoms with E-state index in [0.29, 0.717) is 18.8 Å². The number of hydrogen-bond acceptors (Lipinski definition) is 3. The van der Waals surface area contributed by atoms with Gasteiger partial charge in [-0.25, -0.2) is 4.98 Å². The summed E-state index contributed by atoms with van der Waals surface area (Å²) in [6, 6.07) is 9.85. The van der Waals surface area contributed by atoms with Crippen molar-refractivity contribution in [3.05, 3.63) is 36.5 Å². The van der Waals surface area contributed by atoms with Gasteiger partial charge in [0, 0.05) is 37.1 Å². The standard InChI is InChI=1S/C14H14N2O2/c17-9-10-5-14(18)16(8-10)13-6-11-3-1-2-4-12(11)7-15-13/h1-4,6-7,10,17H,5,8-9H2. The Bertz CT molecular complexity index is 597. The van der Waals surface area contributed by atoms with Gasteiger partial charge in [0.25, 0.3) is 0 Å². The third-order valence-electron chi connectivity index (χ3n) is 3.36. The molecule has 1 saturated heterocycles. The van der Waals surface area contributed by atoms with E-state index in [1.165, 1.54) is 0 Å². The molecule has 1 aromatic carbocycles. The van der Waals surface area contributed by atoms with Gasteiger partial charge in [-0.05, 0) is 11.5 Å². The van der Waals surface area contributed by atoms with Crippen LogP contribution in [0.25, 0.3) is 10.8 Å². The summed E-state index contributed by atoms with van der Waals surface area (Å²) in [5.74, 6) is 0.747. The van der Waals surface area contributed by atoms with Crippen molar-refractivity contribution in [2.45, 2.75) is 6.42 Å². The van der Waals surface area contributed by atoms with Crippen molar-refractivity contribution in [2.24, 2.45) is 5.92 Å². The zero-order chi connectivity index (χ0) is 12.5. The molecular formula is C14H14N2O2. The molecule has 0 radical (unpaired) electrons. The van der Waals surface area contributed by atoms with E-state index in [4.69, 9.17) is 5.11 Å². The number of nitrogens with zero attached hydrogens (tertiary/aromatic N) is 2. The Hall–Kier alpha value is -1.94. The Balaban J connectivity index is 1.97. The number of aromatic nitrogens is 1. The van der Waals surface area contributed by atoms with E-state index in [2.05, 4.69) is 4.98 Å². The number of pyridine rings is 1. The SMILES string of the molecule is O=C1CC(CO)CN1c1cc2ccccc2cn1. The Morgan fingerprint density at radius 3 is 2.83 bits per heavy atom. The van der Waals surface area contributed by atoms with Crippen molar-refractivity contribution in [1.82, 2.24) is 4.98 Å². The van der Waals surface area contributed by atoms with E-state index in [9.17, 15) is 4.79 Å². The maximum atomic E-state index is 11.9. The molecule has 2 aromatic rings. The van der Waals surface area contributed by atoms with Gasteiger partial charge in [-0.2, -0.15) is 0 Å². The minimum Gasteiger partial charge on any atom is -0.396 e. The van der Waals surface area contributed by atoms with Gasteiger partial charge in [-0.1, -0.05) is 24.3 Å². The molecule has 0 bridgehead atoms. The third kappa shape index (κ3) is 1.84. The van der Waals surface area contributed by atoms with Gasteiger partial charge in [0.05, 0.1) is 0 Å². The Kier molecular flexibility index (Phi) is 2.72. The van der Waals surface area contributed by atoms with E-state index in [1.807, 2.05) is 30.3 Å².